The minimum atomic E-state index is -1.77. The number of amides is 8. The van der Waals surface area contributed by atoms with Crippen LogP contribution in [0.2, 0.25) is 0 Å². The Balaban J connectivity index is 3.05. The van der Waals surface area contributed by atoms with Crippen LogP contribution in [0, 0.1) is 5.92 Å². The topological polar surface area (TPSA) is 412 Å². The Morgan fingerprint density at radius 2 is 0.975 bits per heavy atom. The number of Topliss-reactive ketones (excluding diaryl/α,β-unsaturated/α-hetero) is 1. The molecule has 0 radical (unpaired) electrons. The molecule has 0 heterocycles. The molecule has 0 bridgehead atoms. The van der Waals surface area contributed by atoms with E-state index in [1.54, 1.807) is 44.2 Å². The molecule has 0 unspecified atom stereocenters. The van der Waals surface area contributed by atoms with Gasteiger partial charge in [0.05, 0.1) is 25.4 Å². The maximum absolute atomic E-state index is 14.0. The van der Waals surface area contributed by atoms with Gasteiger partial charge in [-0.25, -0.2) is 0 Å². The van der Waals surface area contributed by atoms with Gasteiger partial charge in [-0.3, -0.25) is 52.9 Å². The second kappa shape index (κ2) is 40.4. The number of ketones is 1. The number of hydrogen-bond acceptors (Lipinski definition) is 14. The van der Waals surface area contributed by atoms with Crippen molar-refractivity contribution in [1.29, 1.82) is 0 Å². The monoisotopic (exact) mass is 1130 g/mol. The quantitative estimate of drug-likeness (QED) is 0.0235. The first-order valence-electron chi connectivity index (χ1n) is 28.1. The molecule has 8 amide bonds. The van der Waals surface area contributed by atoms with E-state index in [2.05, 4.69) is 54.5 Å². The van der Waals surface area contributed by atoms with Crippen molar-refractivity contribution in [2.24, 2.45) is 22.4 Å². The summed E-state index contributed by atoms with van der Waals surface area (Å²) >= 11 is 0. The van der Waals surface area contributed by atoms with E-state index in [1.165, 1.54) is 65.2 Å². The first-order valence-corrected chi connectivity index (χ1v) is 28.1. The summed E-state index contributed by atoms with van der Waals surface area (Å²) < 4.78 is 0. The van der Waals surface area contributed by atoms with E-state index in [0.717, 1.165) is 32.6 Å². The first kappa shape index (κ1) is 71.3. The summed E-state index contributed by atoms with van der Waals surface area (Å²) in [5, 5.41) is 59.5. The predicted molar refractivity (Wildman–Crippen MR) is 300 cm³/mol. The summed E-state index contributed by atoms with van der Waals surface area (Å²) in [5.74, 6) is -9.68. The van der Waals surface area contributed by atoms with Gasteiger partial charge in [0.1, 0.15) is 42.3 Å². The van der Waals surface area contributed by atoms with E-state index in [0.29, 0.717) is 12.0 Å². The largest absolute Gasteiger partial charge is 0.481 e. The number of carboxylic acids is 1. The number of carbonyl (C=O) groups excluding carboxylic acids is 9. The zero-order chi connectivity index (χ0) is 60.2. The normalized spacial score (nSPS) is 14.5. The van der Waals surface area contributed by atoms with Crippen LogP contribution < -0.4 is 54.0 Å². The summed E-state index contributed by atoms with van der Waals surface area (Å²) in [4.78, 5) is 135. The van der Waals surface area contributed by atoms with E-state index < -0.39 is 139 Å². The molecule has 1 aromatic rings. The average Bonchev–Trinajstić information content (AvgIpc) is 3.40. The number of rotatable bonds is 43. The number of nitrogens with one attached hydrogen (secondary N) is 8. The molecule has 16 N–H and O–H groups in total. The molecule has 0 aliphatic rings. The number of benzene rings is 1. The maximum atomic E-state index is 14.0. The third-order valence-electron chi connectivity index (χ3n) is 13.2. The average molecular weight is 1130 g/mol. The number of nitrogens with zero attached hydrogens (tertiary/aromatic N) is 1. The molecule has 1 rings (SSSR count). The summed E-state index contributed by atoms with van der Waals surface area (Å²) in [6.45, 7) is 7.17. The van der Waals surface area contributed by atoms with Gasteiger partial charge in [-0.1, -0.05) is 128 Å². The van der Waals surface area contributed by atoms with Crippen LogP contribution in [-0.2, 0) is 54.4 Å². The number of guanidine groups is 1. The standard InChI is InChI=1S/C55H93N11O14/c1-7-8-9-10-11-12-13-14-15-16-17-18-22-27-44(71)65-47(37(6)70)54(80)66-46(34(2)3)53(79)62-41(31-38-24-20-19-21-25-38)50(76)59-35(4)48(74)63-42(32-67)52(78)64-43(33-68)51(77)61-40(26-23-30-58-55(56)57)49(75)60-39(36(5)69)28-29-45(72)73/h19-21,24-25,34-35,37,39-43,46-47,67-68,70H,7-18,22-23,26-33H2,1-6H3,(H,59,76)(H,60,75)(H,61,77)(H,62,79)(H,63,74)(H,64,78)(H,65,71)(H,66,80)(H,72,73)(H4,56,57,58)/t35-,37+,39-,40-,41-,42-,43-,46-,47-/m0/s1. The fourth-order valence-electron chi connectivity index (χ4n) is 8.35. The van der Waals surface area contributed by atoms with E-state index >= 15 is 0 Å². The van der Waals surface area contributed by atoms with Crippen LogP contribution in [0.1, 0.15) is 163 Å². The third kappa shape index (κ3) is 30.0. The molecular weight excluding hydrogens is 1040 g/mol. The van der Waals surface area contributed by atoms with Crippen molar-refractivity contribution < 1.29 is 68.4 Å². The Morgan fingerprint density at radius 3 is 1.46 bits per heavy atom. The molecule has 25 nitrogen and oxygen atoms in total. The number of carboxylic acid groups (broad SMARTS) is 1. The van der Waals surface area contributed by atoms with Crippen molar-refractivity contribution in [2.75, 3.05) is 19.8 Å². The number of carbonyl (C=O) groups is 10. The highest BCUT2D eigenvalue weighted by molar-refractivity contribution is 5.98. The van der Waals surface area contributed by atoms with E-state index in [4.69, 9.17) is 16.6 Å². The zero-order valence-electron chi connectivity index (χ0n) is 47.7. The van der Waals surface area contributed by atoms with Crippen LogP contribution in [0.5, 0.6) is 0 Å². The second-order valence-corrected chi connectivity index (χ2v) is 20.6. The van der Waals surface area contributed by atoms with Crippen molar-refractivity contribution in [3.05, 3.63) is 35.9 Å². The molecular formula is C55H93N11O14. The lowest BCUT2D eigenvalue weighted by molar-refractivity contribution is -0.138. The van der Waals surface area contributed by atoms with Crippen LogP contribution in [0.15, 0.2) is 35.3 Å². The lowest BCUT2D eigenvalue weighted by Crippen LogP contribution is -2.61. The summed E-state index contributed by atoms with van der Waals surface area (Å²) in [5.41, 5.74) is 11.3. The number of aliphatic hydroxyl groups is 3. The molecule has 0 saturated heterocycles. The van der Waals surface area contributed by atoms with Gasteiger partial charge in [0.2, 0.25) is 47.3 Å². The summed E-state index contributed by atoms with van der Waals surface area (Å²) in [6, 6.07) is -3.09. The van der Waals surface area contributed by atoms with Gasteiger partial charge >= 0.3 is 5.97 Å². The van der Waals surface area contributed by atoms with Gasteiger partial charge in [0.15, 0.2) is 11.7 Å². The summed E-state index contributed by atoms with van der Waals surface area (Å²) in [7, 11) is 0. The highest BCUT2D eigenvalue weighted by atomic mass is 16.4. The Kier molecular flexibility index (Phi) is 36.0. The van der Waals surface area contributed by atoms with Crippen LogP contribution in [0.3, 0.4) is 0 Å². The Morgan fingerprint density at radius 1 is 0.512 bits per heavy atom. The van der Waals surface area contributed by atoms with Crippen LogP contribution in [0.25, 0.3) is 0 Å². The number of hydrogen-bond donors (Lipinski definition) is 14. The molecule has 0 spiro atoms. The molecule has 0 fully saturated rings. The van der Waals surface area contributed by atoms with E-state index in [-0.39, 0.29) is 44.6 Å². The van der Waals surface area contributed by atoms with Crippen molar-refractivity contribution in [1.82, 2.24) is 42.5 Å². The highest BCUT2D eigenvalue weighted by Gasteiger charge is 2.35. The van der Waals surface area contributed by atoms with Gasteiger partial charge in [-0.05, 0) is 57.9 Å². The molecule has 25 heteroatoms. The third-order valence-corrected chi connectivity index (χ3v) is 13.2. The molecule has 0 saturated carbocycles. The Labute approximate surface area is 470 Å². The molecule has 452 valence electrons. The van der Waals surface area contributed by atoms with Crippen LogP contribution in [-0.4, -0.2) is 160 Å². The summed E-state index contributed by atoms with van der Waals surface area (Å²) in [6.07, 6.45) is 12.8. The molecule has 0 aromatic heterocycles. The number of aliphatic carboxylic acids is 1. The molecule has 1 aromatic carbocycles. The molecule has 80 heavy (non-hydrogen) atoms. The Hall–Kier alpha value is -6.73. The van der Waals surface area contributed by atoms with Crippen molar-refractivity contribution in [3.63, 3.8) is 0 Å². The van der Waals surface area contributed by atoms with Crippen LogP contribution in [0.4, 0.5) is 0 Å². The van der Waals surface area contributed by atoms with Gasteiger partial charge < -0.3 is 74.4 Å². The van der Waals surface area contributed by atoms with Gasteiger partial charge in [-0.2, -0.15) is 0 Å². The molecule has 0 aliphatic carbocycles. The lowest BCUT2D eigenvalue weighted by Gasteiger charge is -2.28. The lowest BCUT2D eigenvalue weighted by atomic mass is 10.00. The Bertz CT molecular complexity index is 2130. The maximum Gasteiger partial charge on any atom is 0.303 e. The van der Waals surface area contributed by atoms with Crippen molar-refractivity contribution >= 4 is 65.0 Å². The first-order chi connectivity index (χ1) is 37.9. The van der Waals surface area contributed by atoms with E-state index in [1.807, 2.05) is 0 Å². The molecule has 0 aliphatic heterocycles. The van der Waals surface area contributed by atoms with Crippen molar-refractivity contribution in [3.8, 4) is 0 Å². The zero-order valence-corrected chi connectivity index (χ0v) is 47.7. The van der Waals surface area contributed by atoms with Gasteiger partial charge in [-0.15, -0.1) is 0 Å². The fraction of sp³-hybridized carbons (Fsp3) is 0.691. The minimum Gasteiger partial charge on any atom is -0.481 e. The number of aliphatic hydroxyl groups excluding tert-OH is 3. The number of unbranched alkanes of at least 4 members (excludes halogenated alkanes) is 12. The second-order valence-electron chi connectivity index (χ2n) is 20.6. The van der Waals surface area contributed by atoms with Gasteiger partial charge in [0, 0.05) is 25.8 Å². The van der Waals surface area contributed by atoms with E-state index in [9.17, 15) is 63.3 Å². The SMILES string of the molecule is CCCCCCCCCCCCCCCC(=O)N[C@H](C(=O)N[C@H](C(=O)N[C@@H](Cc1ccccc1)C(=O)N[C@@H](C)C(=O)N[C@@H](CO)C(=O)N[C@@H](CO)C(=O)N[C@@H](CCCN=C(N)N)C(=O)N[C@@H](CCC(=O)O)C(C)=O)C(C)C)[C@@H](C)O. The van der Waals surface area contributed by atoms with Crippen molar-refractivity contribution in [2.45, 2.75) is 218 Å². The smallest absolute Gasteiger partial charge is 0.303 e. The predicted octanol–water partition coefficient (Wildman–Crippen LogP) is 0.137. The van der Waals surface area contributed by atoms with Gasteiger partial charge in [0.25, 0.3) is 0 Å². The number of aliphatic imine (C=N–C) groups is 1. The highest BCUT2D eigenvalue weighted by Crippen LogP contribution is 2.14. The minimum absolute atomic E-state index is 0.0170. The fourth-order valence-corrected chi connectivity index (χ4v) is 8.35. The molecule has 9 atom stereocenters. The number of nitrogens with two attached hydrogens (primary N) is 2. The van der Waals surface area contributed by atoms with Crippen LogP contribution >= 0.6 is 0 Å².